The molecule has 0 radical (unpaired) electrons. The van der Waals surface area contributed by atoms with E-state index in [-0.39, 0.29) is 11.2 Å². The number of nitrogens with one attached hydrogen (secondary N) is 1. The molecule has 0 saturated heterocycles. The molecule has 1 heterocycles. The van der Waals surface area contributed by atoms with E-state index in [1.54, 1.807) is 24.5 Å². The largest absolute Gasteiger partial charge is 0.495 e. The van der Waals surface area contributed by atoms with Gasteiger partial charge in [0.25, 0.3) is 0 Å². The number of anilines is 1. The van der Waals surface area contributed by atoms with Crippen LogP contribution in [0.25, 0.3) is 0 Å². The SMILES string of the molecule is C=CCn1cnnc1S[C@H](C)C(=O)Nc1cc(C)c(Cl)cc1OC. The van der Waals surface area contributed by atoms with E-state index in [0.29, 0.717) is 28.2 Å². The molecule has 1 aromatic carbocycles. The fourth-order valence-electron chi connectivity index (χ4n) is 1.98. The van der Waals surface area contributed by atoms with E-state index in [9.17, 15) is 4.79 Å². The van der Waals surface area contributed by atoms with Gasteiger partial charge in [-0.05, 0) is 25.5 Å². The third kappa shape index (κ3) is 4.30. The van der Waals surface area contributed by atoms with Gasteiger partial charge in [-0.2, -0.15) is 0 Å². The van der Waals surface area contributed by atoms with E-state index in [4.69, 9.17) is 16.3 Å². The molecule has 2 aromatic rings. The third-order valence-corrected chi connectivity index (χ3v) is 4.80. The first-order chi connectivity index (χ1) is 11.5. The van der Waals surface area contributed by atoms with E-state index in [1.165, 1.54) is 18.9 Å². The Balaban J connectivity index is 2.10. The van der Waals surface area contributed by atoms with Crippen LogP contribution in [0.4, 0.5) is 5.69 Å². The van der Waals surface area contributed by atoms with E-state index >= 15 is 0 Å². The molecule has 0 aliphatic heterocycles. The van der Waals surface area contributed by atoms with Crippen LogP contribution in [0.3, 0.4) is 0 Å². The molecule has 2 rings (SSSR count). The van der Waals surface area contributed by atoms with Gasteiger partial charge in [-0.15, -0.1) is 16.8 Å². The number of allylic oxidation sites excluding steroid dienone is 1. The number of ether oxygens (including phenoxy) is 1. The number of benzene rings is 1. The number of aromatic nitrogens is 3. The minimum atomic E-state index is -0.363. The zero-order valence-corrected chi connectivity index (χ0v) is 15.3. The number of nitrogens with zero attached hydrogens (tertiary/aromatic N) is 3. The van der Waals surface area contributed by atoms with Crippen LogP contribution in [0.2, 0.25) is 5.02 Å². The maximum atomic E-state index is 12.5. The first kappa shape index (κ1) is 18.4. The average Bonchev–Trinajstić information content (AvgIpc) is 2.98. The van der Waals surface area contributed by atoms with Crippen LogP contribution >= 0.6 is 23.4 Å². The summed E-state index contributed by atoms with van der Waals surface area (Å²) in [5, 5.41) is 11.7. The molecule has 0 saturated carbocycles. The van der Waals surface area contributed by atoms with Crippen LogP contribution in [-0.4, -0.2) is 33.0 Å². The maximum Gasteiger partial charge on any atom is 0.237 e. The van der Waals surface area contributed by atoms with Crippen LogP contribution in [0.5, 0.6) is 5.75 Å². The molecule has 0 unspecified atom stereocenters. The molecule has 1 atom stereocenters. The Hall–Kier alpha value is -1.99. The van der Waals surface area contributed by atoms with Gasteiger partial charge in [-0.3, -0.25) is 4.79 Å². The summed E-state index contributed by atoms with van der Waals surface area (Å²) >= 11 is 7.41. The zero-order valence-electron chi connectivity index (χ0n) is 13.7. The van der Waals surface area contributed by atoms with E-state index < -0.39 is 0 Å². The van der Waals surface area contributed by atoms with Crippen molar-refractivity contribution in [3.8, 4) is 5.75 Å². The number of rotatable bonds is 7. The second kappa shape index (κ2) is 8.21. The molecule has 0 fully saturated rings. The number of carbonyl (C=O) groups is 1. The van der Waals surface area contributed by atoms with Crippen LogP contribution in [0.15, 0.2) is 36.3 Å². The van der Waals surface area contributed by atoms with Crippen LogP contribution in [0, 0.1) is 6.92 Å². The lowest BCUT2D eigenvalue weighted by atomic mass is 10.2. The molecule has 8 heteroatoms. The summed E-state index contributed by atoms with van der Waals surface area (Å²) in [4.78, 5) is 12.5. The van der Waals surface area contributed by atoms with Crippen molar-refractivity contribution in [3.63, 3.8) is 0 Å². The lowest BCUT2D eigenvalue weighted by Crippen LogP contribution is -2.23. The molecule has 128 valence electrons. The summed E-state index contributed by atoms with van der Waals surface area (Å²) < 4.78 is 7.10. The van der Waals surface area contributed by atoms with Crippen molar-refractivity contribution in [2.24, 2.45) is 0 Å². The van der Waals surface area contributed by atoms with Crippen molar-refractivity contribution in [3.05, 3.63) is 41.7 Å². The Labute approximate surface area is 150 Å². The summed E-state index contributed by atoms with van der Waals surface area (Å²) in [6, 6.07) is 3.47. The van der Waals surface area contributed by atoms with Gasteiger partial charge in [-0.25, -0.2) is 0 Å². The Morgan fingerprint density at radius 3 is 3.00 bits per heavy atom. The molecule has 0 spiro atoms. The molecular weight excluding hydrogens is 348 g/mol. The number of methoxy groups -OCH3 is 1. The van der Waals surface area contributed by atoms with Gasteiger partial charge in [-0.1, -0.05) is 29.4 Å². The van der Waals surface area contributed by atoms with Gasteiger partial charge in [0.1, 0.15) is 12.1 Å². The molecule has 1 aromatic heterocycles. The summed E-state index contributed by atoms with van der Waals surface area (Å²) in [6.45, 7) is 7.96. The molecule has 1 N–H and O–H groups in total. The number of halogens is 1. The Bertz CT molecular complexity index is 748. The van der Waals surface area contributed by atoms with Gasteiger partial charge in [0, 0.05) is 17.6 Å². The normalized spacial score (nSPS) is 11.8. The summed E-state index contributed by atoms with van der Waals surface area (Å²) in [5.74, 6) is 0.360. The van der Waals surface area contributed by atoms with Gasteiger partial charge in [0.2, 0.25) is 5.91 Å². The van der Waals surface area contributed by atoms with Gasteiger partial charge in [0.05, 0.1) is 18.0 Å². The van der Waals surface area contributed by atoms with Gasteiger partial charge in [0.15, 0.2) is 5.16 Å². The van der Waals surface area contributed by atoms with E-state index in [2.05, 4.69) is 22.1 Å². The lowest BCUT2D eigenvalue weighted by molar-refractivity contribution is -0.115. The molecule has 0 bridgehead atoms. The number of aryl methyl sites for hydroxylation is 1. The summed E-state index contributed by atoms with van der Waals surface area (Å²) in [7, 11) is 1.53. The first-order valence-corrected chi connectivity index (χ1v) is 8.52. The molecule has 6 nitrogen and oxygen atoms in total. The van der Waals surface area contributed by atoms with Crippen molar-refractivity contribution < 1.29 is 9.53 Å². The lowest BCUT2D eigenvalue weighted by Gasteiger charge is -2.15. The Morgan fingerprint density at radius 2 is 2.33 bits per heavy atom. The summed E-state index contributed by atoms with van der Waals surface area (Å²) in [6.07, 6.45) is 3.36. The standard InChI is InChI=1S/C16H19ClN4O2S/c1-5-6-21-9-18-20-16(21)24-11(3)15(22)19-13-7-10(2)12(17)8-14(13)23-4/h5,7-9,11H,1,6H2,2-4H3,(H,19,22)/t11-/m1/s1. The number of hydrogen-bond acceptors (Lipinski definition) is 5. The van der Waals surface area contributed by atoms with E-state index in [1.807, 2.05) is 18.4 Å². The van der Waals surface area contributed by atoms with Crippen LogP contribution in [0.1, 0.15) is 12.5 Å². The second-order valence-corrected chi connectivity index (χ2v) is 6.82. The van der Waals surface area contributed by atoms with E-state index in [0.717, 1.165) is 5.56 Å². The highest BCUT2D eigenvalue weighted by Gasteiger charge is 2.19. The number of hydrogen-bond donors (Lipinski definition) is 1. The Morgan fingerprint density at radius 1 is 1.58 bits per heavy atom. The highest BCUT2D eigenvalue weighted by molar-refractivity contribution is 8.00. The van der Waals surface area contributed by atoms with Crippen LogP contribution < -0.4 is 10.1 Å². The molecular formula is C16H19ClN4O2S. The Kier molecular flexibility index (Phi) is 6.28. The maximum absolute atomic E-state index is 12.5. The average molecular weight is 367 g/mol. The smallest absolute Gasteiger partial charge is 0.237 e. The quantitative estimate of drug-likeness (QED) is 0.599. The minimum absolute atomic E-state index is 0.159. The molecule has 0 aliphatic carbocycles. The minimum Gasteiger partial charge on any atom is -0.495 e. The van der Waals surface area contributed by atoms with Gasteiger partial charge >= 0.3 is 0 Å². The monoisotopic (exact) mass is 366 g/mol. The number of carbonyl (C=O) groups excluding carboxylic acids is 1. The third-order valence-electron chi connectivity index (χ3n) is 3.30. The van der Waals surface area contributed by atoms with Crippen molar-refractivity contribution >= 4 is 35.0 Å². The fourth-order valence-corrected chi connectivity index (χ4v) is 2.96. The van der Waals surface area contributed by atoms with Crippen LogP contribution in [-0.2, 0) is 11.3 Å². The highest BCUT2D eigenvalue weighted by Crippen LogP contribution is 2.32. The number of amides is 1. The topological polar surface area (TPSA) is 69.0 Å². The molecule has 0 aliphatic rings. The fraction of sp³-hybridized carbons (Fsp3) is 0.312. The second-order valence-electron chi connectivity index (χ2n) is 5.11. The zero-order chi connectivity index (χ0) is 17.7. The predicted molar refractivity (Wildman–Crippen MR) is 96.9 cm³/mol. The first-order valence-electron chi connectivity index (χ1n) is 7.26. The molecule has 24 heavy (non-hydrogen) atoms. The van der Waals surface area contributed by atoms with Crippen molar-refractivity contribution in [1.82, 2.24) is 14.8 Å². The highest BCUT2D eigenvalue weighted by atomic mass is 35.5. The van der Waals surface area contributed by atoms with Crippen molar-refractivity contribution in [1.29, 1.82) is 0 Å². The van der Waals surface area contributed by atoms with Crippen molar-refractivity contribution in [2.75, 3.05) is 12.4 Å². The molecule has 1 amide bonds. The predicted octanol–water partition coefficient (Wildman–Crippen LogP) is 3.55. The van der Waals surface area contributed by atoms with Crippen molar-refractivity contribution in [2.45, 2.75) is 30.8 Å². The van der Waals surface area contributed by atoms with Gasteiger partial charge < -0.3 is 14.6 Å². The number of thioether (sulfide) groups is 1. The summed E-state index contributed by atoms with van der Waals surface area (Å²) in [5.41, 5.74) is 1.45.